The van der Waals surface area contributed by atoms with Crippen LogP contribution in [0.25, 0.3) is 0 Å². The molecule has 0 aliphatic rings. The third kappa shape index (κ3) is 11.0. The van der Waals surface area contributed by atoms with Crippen molar-refractivity contribution in [3.8, 4) is 0 Å². The smallest absolute Gasteiger partial charge is 0.466 e. The average Bonchev–Trinajstić information content (AvgIpc) is 2.30. The van der Waals surface area contributed by atoms with E-state index in [0.717, 1.165) is 5.64 Å². The molecular formula is C9H20N2O7+2. The minimum atomic E-state index is -0.623. The fourth-order valence-electron chi connectivity index (χ4n) is 1.16. The van der Waals surface area contributed by atoms with Gasteiger partial charge in [0.05, 0.1) is 13.7 Å². The lowest BCUT2D eigenvalue weighted by Crippen LogP contribution is -2.83. The Bertz CT molecular complexity index is 249. The van der Waals surface area contributed by atoms with Crippen molar-refractivity contribution in [1.82, 2.24) is 0 Å². The summed E-state index contributed by atoms with van der Waals surface area (Å²) in [5.74, 6) is -0.318. The lowest BCUT2D eigenvalue weighted by molar-refractivity contribution is -1.07. The van der Waals surface area contributed by atoms with Crippen molar-refractivity contribution in [3.63, 3.8) is 0 Å². The number of carbonyl (C=O) groups excluding carboxylic acids is 1. The van der Waals surface area contributed by atoms with Crippen LogP contribution in [0, 0.1) is 4.91 Å². The van der Waals surface area contributed by atoms with Gasteiger partial charge >= 0.3 is 11.1 Å². The molecule has 0 amide bonds. The minimum Gasteiger partial charge on any atom is -0.466 e. The summed E-state index contributed by atoms with van der Waals surface area (Å²) in [7, 11) is 1.42. The first-order valence-corrected chi connectivity index (χ1v) is 5.48. The Morgan fingerprint density at radius 2 is 2.17 bits per heavy atom. The van der Waals surface area contributed by atoms with Gasteiger partial charge in [0.1, 0.15) is 4.91 Å². The molecule has 18 heavy (non-hydrogen) atoms. The van der Waals surface area contributed by atoms with E-state index in [1.807, 2.05) is 0 Å². The van der Waals surface area contributed by atoms with Gasteiger partial charge in [-0.25, -0.2) is 5.21 Å². The van der Waals surface area contributed by atoms with Crippen molar-refractivity contribution >= 4 is 5.97 Å². The standard InChI is InChI=1S/C9H20N2O7/c1-8(12)16-6-4-3-5-9(18-10-15-2)7-17-11(13)14/h9H,3-7,10H2,1-2H3,(H,13,14)/q+2. The normalized spacial score (nSPS) is 11.9. The molecule has 0 bridgehead atoms. The number of esters is 1. The molecule has 0 heterocycles. The molecule has 1 atom stereocenters. The second-order valence-electron chi connectivity index (χ2n) is 3.46. The number of hydrogen-bond acceptors (Lipinski definition) is 6. The third-order valence-electron chi connectivity index (χ3n) is 1.94. The van der Waals surface area contributed by atoms with Crippen LogP contribution in [-0.2, 0) is 24.0 Å². The highest BCUT2D eigenvalue weighted by Crippen LogP contribution is 2.04. The highest BCUT2D eigenvalue weighted by molar-refractivity contribution is 5.65. The Morgan fingerprint density at radius 1 is 1.44 bits per heavy atom. The van der Waals surface area contributed by atoms with Crippen molar-refractivity contribution in [2.75, 3.05) is 20.3 Å². The predicted octanol–water partition coefficient (Wildman–Crippen LogP) is -0.755. The van der Waals surface area contributed by atoms with Crippen LogP contribution in [0.5, 0.6) is 0 Å². The molecule has 0 saturated carbocycles. The number of carbonyl (C=O) groups is 1. The van der Waals surface area contributed by atoms with E-state index in [4.69, 9.17) is 14.8 Å². The van der Waals surface area contributed by atoms with E-state index in [9.17, 15) is 9.70 Å². The summed E-state index contributed by atoms with van der Waals surface area (Å²) in [6, 6.07) is 0. The van der Waals surface area contributed by atoms with E-state index >= 15 is 0 Å². The maximum atomic E-state index is 10.5. The summed E-state index contributed by atoms with van der Waals surface area (Å²) in [5, 5.41) is 7.68. The molecule has 0 rings (SSSR count). The molecule has 106 valence electrons. The molecule has 9 nitrogen and oxygen atoms in total. The molecule has 0 saturated heterocycles. The summed E-state index contributed by atoms with van der Waals surface area (Å²) >= 11 is 0. The van der Waals surface area contributed by atoms with Crippen LogP contribution >= 0.6 is 0 Å². The van der Waals surface area contributed by atoms with Crippen LogP contribution in [0.3, 0.4) is 0 Å². The van der Waals surface area contributed by atoms with Crippen LogP contribution < -0.4 is 5.64 Å². The zero-order chi connectivity index (χ0) is 13.8. The Balaban J connectivity index is 3.70. The van der Waals surface area contributed by atoms with Gasteiger partial charge in [-0.15, -0.1) is 0 Å². The summed E-state index contributed by atoms with van der Waals surface area (Å²) in [5.41, 5.74) is 1.12. The van der Waals surface area contributed by atoms with Crippen LogP contribution in [-0.4, -0.2) is 42.7 Å². The molecule has 0 aliphatic carbocycles. The highest BCUT2D eigenvalue weighted by atomic mass is 17.0. The first-order chi connectivity index (χ1) is 8.56. The fourth-order valence-corrected chi connectivity index (χ4v) is 1.16. The van der Waals surface area contributed by atoms with Gasteiger partial charge in [0.25, 0.3) is 0 Å². The monoisotopic (exact) mass is 268 g/mol. The van der Waals surface area contributed by atoms with Crippen LogP contribution in [0.15, 0.2) is 0 Å². The maximum absolute atomic E-state index is 10.5. The second kappa shape index (κ2) is 10.7. The summed E-state index contributed by atoms with van der Waals surface area (Å²) in [6.07, 6.45) is 1.52. The predicted molar refractivity (Wildman–Crippen MR) is 55.7 cm³/mol. The molecule has 0 spiro atoms. The lowest BCUT2D eigenvalue weighted by Gasteiger charge is -2.10. The van der Waals surface area contributed by atoms with Crippen LogP contribution in [0.4, 0.5) is 0 Å². The number of rotatable bonds is 11. The molecule has 0 aromatic heterocycles. The first kappa shape index (κ1) is 16.6. The van der Waals surface area contributed by atoms with E-state index in [1.165, 1.54) is 14.0 Å². The molecule has 0 aromatic carbocycles. The van der Waals surface area contributed by atoms with Crippen LogP contribution in [0.2, 0.25) is 0 Å². The number of nitrogens with two attached hydrogens (primary N) is 1. The van der Waals surface area contributed by atoms with Gasteiger partial charge in [-0.3, -0.25) is 4.79 Å². The molecule has 1 unspecified atom stereocenters. The van der Waals surface area contributed by atoms with Crippen molar-refractivity contribution in [3.05, 3.63) is 4.91 Å². The minimum absolute atomic E-state index is 0.104. The first-order valence-electron chi connectivity index (χ1n) is 5.48. The molecule has 3 N–H and O–H groups in total. The number of nitrogens with zero attached hydrogens (tertiary/aromatic N) is 1. The van der Waals surface area contributed by atoms with E-state index < -0.39 is 11.2 Å². The van der Waals surface area contributed by atoms with E-state index in [-0.39, 0.29) is 12.6 Å². The van der Waals surface area contributed by atoms with Gasteiger partial charge < -0.3 is 4.74 Å². The number of quaternary nitrogens is 1. The van der Waals surface area contributed by atoms with Gasteiger partial charge in [-0.1, -0.05) is 5.64 Å². The van der Waals surface area contributed by atoms with Gasteiger partial charge in [-0.05, 0) is 19.3 Å². The molecule has 0 aromatic rings. The number of ether oxygens (including phenoxy) is 1. The maximum Gasteiger partial charge on any atom is 0.475 e. The summed E-state index contributed by atoms with van der Waals surface area (Å²) < 4.78 is 4.76. The Kier molecular flexibility index (Phi) is 9.83. The van der Waals surface area contributed by atoms with Gasteiger partial charge in [0.15, 0.2) is 6.10 Å². The molecule has 0 fully saturated rings. The van der Waals surface area contributed by atoms with Crippen LogP contribution in [0.1, 0.15) is 26.2 Å². The van der Waals surface area contributed by atoms with E-state index in [2.05, 4.69) is 9.68 Å². The topological polar surface area (TPSA) is 111 Å². The zero-order valence-corrected chi connectivity index (χ0v) is 10.5. The zero-order valence-electron chi connectivity index (χ0n) is 10.5. The Labute approximate surface area is 104 Å². The van der Waals surface area contributed by atoms with Crippen molar-refractivity contribution in [2.24, 2.45) is 0 Å². The quantitative estimate of drug-likeness (QED) is 0.288. The number of hydrogen-bond donors (Lipinski definition) is 2. The van der Waals surface area contributed by atoms with Crippen molar-refractivity contribution in [2.45, 2.75) is 32.3 Å². The Morgan fingerprint density at radius 3 is 2.72 bits per heavy atom. The summed E-state index contributed by atoms with van der Waals surface area (Å²) in [6.45, 7) is 1.58. The Hall–Kier alpha value is -1.45. The molecule has 9 heteroatoms. The van der Waals surface area contributed by atoms with Gasteiger partial charge in [0.2, 0.25) is 6.61 Å². The number of unbranched alkanes of at least 4 members (excludes halogenated alkanes) is 1. The molecule has 0 aliphatic heterocycles. The van der Waals surface area contributed by atoms with Crippen molar-refractivity contribution in [1.29, 1.82) is 0 Å². The molecule has 0 radical (unpaired) electrons. The SMILES string of the molecule is CO[NH2+]OC(CCCCOC(C)=O)CO[N+](=O)O. The summed E-state index contributed by atoms with van der Waals surface area (Å²) in [4.78, 5) is 34.7. The molecular weight excluding hydrogens is 248 g/mol. The van der Waals surface area contributed by atoms with Crippen molar-refractivity contribution < 1.29 is 40.0 Å². The van der Waals surface area contributed by atoms with Gasteiger partial charge in [0, 0.05) is 6.92 Å². The van der Waals surface area contributed by atoms with E-state index in [1.54, 1.807) is 0 Å². The van der Waals surface area contributed by atoms with E-state index in [0.29, 0.717) is 25.9 Å². The van der Waals surface area contributed by atoms with Gasteiger partial charge in [-0.2, -0.15) is 14.5 Å². The third-order valence-corrected chi connectivity index (χ3v) is 1.94. The fraction of sp³-hybridized carbons (Fsp3) is 0.889. The average molecular weight is 268 g/mol. The lowest BCUT2D eigenvalue weighted by atomic mass is 10.2. The largest absolute Gasteiger partial charge is 0.475 e. The highest BCUT2D eigenvalue weighted by Gasteiger charge is 2.18. The second-order valence-corrected chi connectivity index (χ2v) is 3.46.